The van der Waals surface area contributed by atoms with Crippen LogP contribution in [-0.2, 0) is 11.2 Å². The fourth-order valence-electron chi connectivity index (χ4n) is 2.29. The highest BCUT2D eigenvalue weighted by Gasteiger charge is 2.15. The molecule has 1 N–H and O–H groups in total. The first-order chi connectivity index (χ1) is 11.2. The van der Waals surface area contributed by atoms with Crippen molar-refractivity contribution in [1.29, 1.82) is 0 Å². The van der Waals surface area contributed by atoms with E-state index in [1.54, 1.807) is 0 Å². The second kappa shape index (κ2) is 8.83. The van der Waals surface area contributed by atoms with Crippen molar-refractivity contribution >= 4 is 5.97 Å². The predicted octanol–water partition coefficient (Wildman–Crippen LogP) is 3.80. The molecule has 4 nitrogen and oxygen atoms in total. The monoisotopic (exact) mass is 314 g/mol. The first-order valence-corrected chi connectivity index (χ1v) is 7.81. The van der Waals surface area contributed by atoms with Gasteiger partial charge in [0.2, 0.25) is 0 Å². The number of hydrogen-bond donors (Lipinski definition) is 1. The Morgan fingerprint density at radius 1 is 1.00 bits per heavy atom. The van der Waals surface area contributed by atoms with E-state index in [4.69, 9.17) is 14.6 Å². The Kier molecular flexibility index (Phi) is 6.48. The van der Waals surface area contributed by atoms with Gasteiger partial charge < -0.3 is 14.6 Å². The maximum absolute atomic E-state index is 11.1. The van der Waals surface area contributed by atoms with Crippen molar-refractivity contribution in [2.75, 3.05) is 13.2 Å². The van der Waals surface area contributed by atoms with Gasteiger partial charge in [0.25, 0.3) is 0 Å². The second-order valence-electron chi connectivity index (χ2n) is 5.30. The lowest BCUT2D eigenvalue weighted by Crippen LogP contribution is -2.15. The molecule has 0 aliphatic heterocycles. The van der Waals surface area contributed by atoms with Gasteiger partial charge in [0.1, 0.15) is 24.7 Å². The molecule has 0 aromatic heterocycles. The van der Waals surface area contributed by atoms with E-state index in [0.717, 1.165) is 17.1 Å². The van der Waals surface area contributed by atoms with Crippen LogP contribution in [0.15, 0.2) is 54.6 Å². The fourth-order valence-corrected chi connectivity index (χ4v) is 2.29. The third kappa shape index (κ3) is 5.66. The smallest absolute Gasteiger partial charge is 0.306 e. The largest absolute Gasteiger partial charge is 0.490 e. The zero-order valence-electron chi connectivity index (χ0n) is 13.3. The normalized spacial score (nSPS) is 11.7. The summed E-state index contributed by atoms with van der Waals surface area (Å²) in [5, 5.41) is 9.14. The van der Waals surface area contributed by atoms with E-state index in [0.29, 0.717) is 26.1 Å². The lowest BCUT2D eigenvalue weighted by molar-refractivity contribution is -0.141. The quantitative estimate of drug-likeness (QED) is 0.715. The second-order valence-corrected chi connectivity index (χ2v) is 5.30. The minimum absolute atomic E-state index is 0.355. The molecule has 0 radical (unpaired) electrons. The van der Waals surface area contributed by atoms with E-state index in [2.05, 4.69) is 0 Å². The summed E-state index contributed by atoms with van der Waals surface area (Å²) in [6, 6.07) is 17.2. The number of carboxylic acids is 1. The van der Waals surface area contributed by atoms with Crippen molar-refractivity contribution in [2.45, 2.75) is 19.8 Å². The van der Waals surface area contributed by atoms with Crippen LogP contribution in [0.25, 0.3) is 0 Å². The summed E-state index contributed by atoms with van der Waals surface area (Å²) in [5.74, 6) is 0.443. The number of para-hydroxylation sites is 1. The Balaban J connectivity index is 1.81. The topological polar surface area (TPSA) is 55.8 Å². The standard InChI is InChI=1S/C19H22O4/c1-2-16(19(20)21)13-15-7-6-10-18(14-15)23-12-11-22-17-8-4-3-5-9-17/h3-10,14,16H,2,11-13H2,1H3,(H,20,21). The molecule has 122 valence electrons. The van der Waals surface area contributed by atoms with Crippen LogP contribution < -0.4 is 9.47 Å². The molecule has 0 saturated carbocycles. The van der Waals surface area contributed by atoms with Crippen LogP contribution in [0.5, 0.6) is 11.5 Å². The van der Waals surface area contributed by atoms with Crippen molar-refractivity contribution in [2.24, 2.45) is 5.92 Å². The molecule has 0 spiro atoms. The van der Waals surface area contributed by atoms with E-state index < -0.39 is 5.97 Å². The summed E-state index contributed by atoms with van der Waals surface area (Å²) in [4.78, 5) is 11.1. The average Bonchev–Trinajstić information content (AvgIpc) is 2.57. The zero-order valence-corrected chi connectivity index (χ0v) is 13.3. The maximum atomic E-state index is 11.1. The van der Waals surface area contributed by atoms with Crippen LogP contribution in [0.4, 0.5) is 0 Å². The molecule has 0 aliphatic rings. The minimum Gasteiger partial charge on any atom is -0.490 e. The van der Waals surface area contributed by atoms with Gasteiger partial charge in [-0.25, -0.2) is 0 Å². The Bertz CT molecular complexity index is 610. The molecule has 0 bridgehead atoms. The number of carbonyl (C=O) groups is 1. The Morgan fingerprint density at radius 2 is 1.65 bits per heavy atom. The lowest BCUT2D eigenvalue weighted by Gasteiger charge is -2.12. The molecule has 2 rings (SSSR count). The summed E-state index contributed by atoms with van der Waals surface area (Å²) in [5.41, 5.74) is 0.973. The van der Waals surface area contributed by atoms with Crippen LogP contribution in [0, 0.1) is 5.92 Å². The maximum Gasteiger partial charge on any atom is 0.306 e. The Labute approximate surface area is 136 Å². The molecule has 0 heterocycles. The summed E-state index contributed by atoms with van der Waals surface area (Å²) in [6.07, 6.45) is 1.13. The highest BCUT2D eigenvalue weighted by molar-refractivity contribution is 5.70. The molecule has 4 heteroatoms. The molecule has 1 atom stereocenters. The van der Waals surface area contributed by atoms with Crippen molar-refractivity contribution in [3.05, 3.63) is 60.2 Å². The number of benzene rings is 2. The van der Waals surface area contributed by atoms with Crippen molar-refractivity contribution in [3.8, 4) is 11.5 Å². The zero-order chi connectivity index (χ0) is 16.5. The summed E-state index contributed by atoms with van der Waals surface area (Å²) in [7, 11) is 0. The Morgan fingerprint density at radius 3 is 2.30 bits per heavy atom. The van der Waals surface area contributed by atoms with Crippen molar-refractivity contribution in [1.82, 2.24) is 0 Å². The van der Waals surface area contributed by atoms with Gasteiger partial charge in [-0.2, -0.15) is 0 Å². The Hall–Kier alpha value is -2.49. The third-order valence-electron chi connectivity index (χ3n) is 3.59. The molecule has 0 aliphatic carbocycles. The lowest BCUT2D eigenvalue weighted by atomic mass is 9.97. The summed E-state index contributed by atoms with van der Waals surface area (Å²) in [6.45, 7) is 2.79. The summed E-state index contributed by atoms with van der Waals surface area (Å²) < 4.78 is 11.2. The van der Waals surface area contributed by atoms with Crippen LogP contribution in [0.2, 0.25) is 0 Å². The van der Waals surface area contributed by atoms with E-state index in [1.165, 1.54) is 0 Å². The van der Waals surface area contributed by atoms with Crippen LogP contribution in [0.3, 0.4) is 0 Å². The van der Waals surface area contributed by atoms with Gasteiger partial charge in [-0.3, -0.25) is 4.79 Å². The van der Waals surface area contributed by atoms with Gasteiger partial charge >= 0.3 is 5.97 Å². The van der Waals surface area contributed by atoms with Gasteiger partial charge in [0.05, 0.1) is 5.92 Å². The van der Waals surface area contributed by atoms with Gasteiger partial charge in [-0.15, -0.1) is 0 Å². The molecular weight excluding hydrogens is 292 g/mol. The molecule has 2 aromatic carbocycles. The number of carboxylic acid groups (broad SMARTS) is 1. The van der Waals surface area contributed by atoms with Crippen molar-refractivity contribution < 1.29 is 19.4 Å². The molecule has 0 fully saturated rings. The summed E-state index contributed by atoms with van der Waals surface area (Å²) >= 11 is 0. The van der Waals surface area contributed by atoms with E-state index >= 15 is 0 Å². The number of rotatable bonds is 9. The van der Waals surface area contributed by atoms with E-state index in [1.807, 2.05) is 61.5 Å². The number of hydrogen-bond acceptors (Lipinski definition) is 3. The van der Waals surface area contributed by atoms with Gasteiger partial charge in [0, 0.05) is 0 Å². The molecule has 1 unspecified atom stereocenters. The van der Waals surface area contributed by atoms with Crippen LogP contribution in [-0.4, -0.2) is 24.3 Å². The SMILES string of the molecule is CCC(Cc1cccc(OCCOc2ccccc2)c1)C(=O)O. The molecule has 2 aromatic rings. The number of aliphatic carboxylic acids is 1. The predicted molar refractivity (Wildman–Crippen MR) is 89.0 cm³/mol. The van der Waals surface area contributed by atoms with Crippen LogP contribution >= 0.6 is 0 Å². The minimum atomic E-state index is -0.755. The van der Waals surface area contributed by atoms with Gasteiger partial charge in [-0.05, 0) is 42.7 Å². The fraction of sp³-hybridized carbons (Fsp3) is 0.316. The third-order valence-corrected chi connectivity index (χ3v) is 3.59. The van der Waals surface area contributed by atoms with Gasteiger partial charge in [-0.1, -0.05) is 37.3 Å². The molecule has 0 amide bonds. The average molecular weight is 314 g/mol. The first kappa shape index (κ1) is 16.9. The van der Waals surface area contributed by atoms with Crippen molar-refractivity contribution in [3.63, 3.8) is 0 Å². The van der Waals surface area contributed by atoms with E-state index in [9.17, 15) is 4.79 Å². The molecule has 0 saturated heterocycles. The van der Waals surface area contributed by atoms with Crippen LogP contribution in [0.1, 0.15) is 18.9 Å². The molecule has 23 heavy (non-hydrogen) atoms. The van der Waals surface area contributed by atoms with Gasteiger partial charge in [0.15, 0.2) is 0 Å². The van der Waals surface area contributed by atoms with E-state index in [-0.39, 0.29) is 5.92 Å². The highest BCUT2D eigenvalue weighted by atomic mass is 16.5. The highest BCUT2D eigenvalue weighted by Crippen LogP contribution is 2.18. The number of ether oxygens (including phenoxy) is 2. The molecular formula is C19H22O4. The first-order valence-electron chi connectivity index (χ1n) is 7.81.